The second-order valence-electron chi connectivity index (χ2n) is 4.80. The zero-order valence-corrected chi connectivity index (χ0v) is 13.4. The van der Waals surface area contributed by atoms with E-state index in [9.17, 15) is 9.59 Å². The number of hydrogen-bond donors (Lipinski definition) is 2. The van der Waals surface area contributed by atoms with E-state index in [2.05, 4.69) is 5.32 Å². The third kappa shape index (κ3) is 3.95. The molecule has 0 aliphatic carbocycles. The van der Waals surface area contributed by atoms with Crippen LogP contribution in [0.3, 0.4) is 0 Å². The van der Waals surface area contributed by atoms with Gasteiger partial charge in [-0.25, -0.2) is 0 Å². The van der Waals surface area contributed by atoms with E-state index in [-0.39, 0.29) is 12.2 Å². The van der Waals surface area contributed by atoms with Gasteiger partial charge in [-0.3, -0.25) is 9.59 Å². The van der Waals surface area contributed by atoms with Crippen molar-refractivity contribution in [3.8, 4) is 17.2 Å². The molecule has 2 rings (SSSR count). The van der Waals surface area contributed by atoms with E-state index in [4.69, 9.17) is 19.9 Å². The minimum atomic E-state index is -0.663. The van der Waals surface area contributed by atoms with E-state index >= 15 is 0 Å². The number of hydrogen-bond acceptors (Lipinski definition) is 5. The van der Waals surface area contributed by atoms with Gasteiger partial charge in [-0.2, -0.15) is 0 Å². The maximum Gasteiger partial charge on any atom is 0.250 e. The lowest BCUT2D eigenvalue weighted by Crippen LogP contribution is -2.14. The molecule has 0 aliphatic rings. The molecule has 0 bridgehead atoms. The Morgan fingerprint density at radius 2 is 1.88 bits per heavy atom. The number of primary amides is 1. The van der Waals surface area contributed by atoms with Gasteiger partial charge >= 0.3 is 0 Å². The number of carbonyl (C=O) groups is 2. The lowest BCUT2D eigenvalue weighted by atomic mass is 10.1. The highest BCUT2D eigenvalue weighted by Gasteiger charge is 2.11. The predicted molar refractivity (Wildman–Crippen MR) is 88.5 cm³/mol. The van der Waals surface area contributed by atoms with Gasteiger partial charge in [-0.05, 0) is 36.4 Å². The van der Waals surface area contributed by atoms with Crippen LogP contribution in [0.4, 0.5) is 5.69 Å². The second-order valence-corrected chi connectivity index (χ2v) is 4.80. The summed E-state index contributed by atoms with van der Waals surface area (Å²) in [5.41, 5.74) is 6.59. The smallest absolute Gasteiger partial charge is 0.250 e. The number of rotatable bonds is 8. The molecule has 3 N–H and O–H groups in total. The number of nitrogens with two attached hydrogens (primary N) is 1. The molecule has 0 saturated heterocycles. The summed E-state index contributed by atoms with van der Waals surface area (Å²) in [5, 5.41) is 2.42. The van der Waals surface area contributed by atoms with E-state index < -0.39 is 5.91 Å². The molecule has 7 nitrogen and oxygen atoms in total. The Morgan fingerprint density at radius 3 is 2.50 bits per heavy atom. The maximum atomic E-state index is 11.5. The van der Waals surface area contributed by atoms with Crippen molar-refractivity contribution in [2.24, 2.45) is 5.73 Å². The third-order valence-electron chi connectivity index (χ3n) is 3.35. The Morgan fingerprint density at radius 1 is 1.12 bits per heavy atom. The van der Waals surface area contributed by atoms with Crippen molar-refractivity contribution in [3.05, 3.63) is 47.5 Å². The van der Waals surface area contributed by atoms with Crippen LogP contribution >= 0.6 is 0 Å². The van der Waals surface area contributed by atoms with Gasteiger partial charge in [0.05, 0.1) is 25.5 Å². The summed E-state index contributed by atoms with van der Waals surface area (Å²) >= 11 is 0. The molecule has 0 aliphatic heterocycles. The zero-order valence-electron chi connectivity index (χ0n) is 13.4. The van der Waals surface area contributed by atoms with Gasteiger partial charge in [0.1, 0.15) is 23.9 Å². The van der Waals surface area contributed by atoms with Crippen molar-refractivity contribution in [2.45, 2.75) is 6.61 Å². The summed E-state index contributed by atoms with van der Waals surface area (Å²) in [6.07, 6.45) is 0.476. The number of anilines is 1. The topological polar surface area (TPSA) is 99.9 Å². The number of amides is 2. The molecule has 0 atom stereocenters. The molecule has 126 valence electrons. The first-order chi connectivity index (χ1) is 11.6. The zero-order chi connectivity index (χ0) is 17.5. The fourth-order valence-electron chi connectivity index (χ4n) is 2.16. The second kappa shape index (κ2) is 7.87. The number of ether oxygens (including phenoxy) is 3. The molecule has 2 aromatic rings. The first kappa shape index (κ1) is 17.1. The Bertz CT molecular complexity index is 746. The lowest BCUT2D eigenvalue weighted by Gasteiger charge is -2.13. The van der Waals surface area contributed by atoms with Crippen LogP contribution in [0.2, 0.25) is 0 Å². The van der Waals surface area contributed by atoms with Gasteiger partial charge in [0.15, 0.2) is 0 Å². The average Bonchev–Trinajstić information content (AvgIpc) is 2.60. The van der Waals surface area contributed by atoms with Crippen LogP contribution in [-0.4, -0.2) is 26.5 Å². The Hall–Kier alpha value is -3.22. The SMILES string of the molecule is COc1ccc(OC)c(COc2ccc(NC=O)c(C(N)=O)c2)c1. The molecule has 0 aromatic heterocycles. The Kier molecular flexibility index (Phi) is 5.62. The maximum absolute atomic E-state index is 11.5. The largest absolute Gasteiger partial charge is 0.497 e. The van der Waals surface area contributed by atoms with Crippen LogP contribution in [0.5, 0.6) is 17.2 Å². The number of methoxy groups -OCH3 is 2. The van der Waals surface area contributed by atoms with Crippen LogP contribution in [0.25, 0.3) is 0 Å². The van der Waals surface area contributed by atoms with Crippen molar-refractivity contribution >= 4 is 18.0 Å². The lowest BCUT2D eigenvalue weighted by molar-refractivity contribution is -0.105. The van der Waals surface area contributed by atoms with E-state index in [1.807, 2.05) is 0 Å². The highest BCUT2D eigenvalue weighted by molar-refractivity contribution is 6.00. The molecular formula is C17H18N2O5. The van der Waals surface area contributed by atoms with Crippen LogP contribution in [-0.2, 0) is 11.4 Å². The summed E-state index contributed by atoms with van der Waals surface area (Å²) in [6.45, 7) is 0.207. The summed E-state index contributed by atoms with van der Waals surface area (Å²) in [6, 6.07) is 10.0. The van der Waals surface area contributed by atoms with Gasteiger partial charge in [0, 0.05) is 5.56 Å². The molecule has 2 amide bonds. The summed E-state index contributed by atoms with van der Waals surface area (Å²) in [5.74, 6) is 1.11. The van der Waals surface area contributed by atoms with E-state index in [0.717, 1.165) is 5.56 Å². The summed E-state index contributed by atoms with van der Waals surface area (Å²) in [7, 11) is 3.14. The first-order valence-corrected chi connectivity index (χ1v) is 7.06. The molecule has 24 heavy (non-hydrogen) atoms. The minimum Gasteiger partial charge on any atom is -0.497 e. The van der Waals surface area contributed by atoms with Crippen molar-refractivity contribution in [2.75, 3.05) is 19.5 Å². The average molecular weight is 330 g/mol. The highest BCUT2D eigenvalue weighted by Crippen LogP contribution is 2.27. The van der Waals surface area contributed by atoms with Crippen molar-refractivity contribution in [1.29, 1.82) is 0 Å². The van der Waals surface area contributed by atoms with Crippen molar-refractivity contribution in [3.63, 3.8) is 0 Å². The van der Waals surface area contributed by atoms with Crippen LogP contribution in [0, 0.1) is 0 Å². The third-order valence-corrected chi connectivity index (χ3v) is 3.35. The molecule has 2 aromatic carbocycles. The van der Waals surface area contributed by atoms with E-state index in [1.165, 1.54) is 6.07 Å². The number of nitrogens with one attached hydrogen (secondary N) is 1. The minimum absolute atomic E-state index is 0.164. The van der Waals surface area contributed by atoms with Crippen molar-refractivity contribution in [1.82, 2.24) is 0 Å². The summed E-state index contributed by atoms with van der Waals surface area (Å²) in [4.78, 5) is 22.0. The van der Waals surface area contributed by atoms with Crippen LogP contribution in [0.1, 0.15) is 15.9 Å². The van der Waals surface area contributed by atoms with E-state index in [0.29, 0.717) is 29.3 Å². The predicted octanol–water partition coefficient (Wildman–Crippen LogP) is 1.95. The molecule has 0 heterocycles. The molecule has 0 unspecified atom stereocenters. The molecule has 0 radical (unpaired) electrons. The first-order valence-electron chi connectivity index (χ1n) is 7.06. The molecular weight excluding hydrogens is 312 g/mol. The molecule has 0 saturated carbocycles. The van der Waals surface area contributed by atoms with Gasteiger partial charge < -0.3 is 25.3 Å². The van der Waals surface area contributed by atoms with Gasteiger partial charge in [-0.15, -0.1) is 0 Å². The van der Waals surface area contributed by atoms with Gasteiger partial charge in [0.25, 0.3) is 5.91 Å². The molecule has 7 heteroatoms. The summed E-state index contributed by atoms with van der Waals surface area (Å²) < 4.78 is 16.2. The normalized spacial score (nSPS) is 9.92. The monoisotopic (exact) mass is 330 g/mol. The Labute approximate surface area is 139 Å². The molecule has 0 fully saturated rings. The van der Waals surface area contributed by atoms with E-state index in [1.54, 1.807) is 44.6 Å². The quantitative estimate of drug-likeness (QED) is 0.721. The van der Waals surface area contributed by atoms with Crippen LogP contribution in [0.15, 0.2) is 36.4 Å². The fraction of sp³-hybridized carbons (Fsp3) is 0.176. The Balaban J connectivity index is 2.21. The van der Waals surface area contributed by atoms with Gasteiger partial charge in [-0.1, -0.05) is 0 Å². The molecule has 0 spiro atoms. The van der Waals surface area contributed by atoms with Crippen LogP contribution < -0.4 is 25.3 Å². The number of benzene rings is 2. The number of carbonyl (C=O) groups excluding carboxylic acids is 2. The van der Waals surface area contributed by atoms with Gasteiger partial charge in [0.2, 0.25) is 6.41 Å². The highest BCUT2D eigenvalue weighted by atomic mass is 16.5. The fourth-order valence-corrected chi connectivity index (χ4v) is 2.16. The standard InChI is InChI=1S/C17H18N2O5/c1-22-12-4-6-16(23-2)11(7-12)9-24-13-3-5-15(19-10-20)14(8-13)17(18)21/h3-8,10H,9H2,1-2H3,(H2,18,21)(H,19,20). The van der Waals surface area contributed by atoms with Crippen molar-refractivity contribution < 1.29 is 23.8 Å².